The minimum Gasteiger partial charge on any atom is -0.469 e. The molecule has 8 heteroatoms. The summed E-state index contributed by atoms with van der Waals surface area (Å²) in [6, 6.07) is 2.87. The lowest BCUT2D eigenvalue weighted by Crippen LogP contribution is -2.01. The van der Waals surface area contributed by atoms with E-state index in [1.165, 1.54) is 30.1 Å². The maximum absolute atomic E-state index is 11.0. The predicted molar refractivity (Wildman–Crippen MR) is 68.4 cm³/mol. The van der Waals surface area contributed by atoms with E-state index >= 15 is 0 Å². The van der Waals surface area contributed by atoms with E-state index in [1.54, 1.807) is 12.4 Å². The quantitative estimate of drug-likeness (QED) is 0.463. The van der Waals surface area contributed by atoms with Crippen LogP contribution < -0.4 is 0 Å². The van der Waals surface area contributed by atoms with Crippen LogP contribution in [0.15, 0.2) is 30.7 Å². The smallest absolute Gasteiger partial charge is 0.305 e. The Morgan fingerprint density at radius 1 is 1.45 bits per heavy atom. The second-order valence-corrected chi connectivity index (χ2v) is 4.00. The van der Waals surface area contributed by atoms with Gasteiger partial charge in [0.25, 0.3) is 5.69 Å². The van der Waals surface area contributed by atoms with Crippen LogP contribution in [-0.4, -0.2) is 32.8 Å². The van der Waals surface area contributed by atoms with Gasteiger partial charge in [-0.25, -0.2) is 9.67 Å². The van der Waals surface area contributed by atoms with Gasteiger partial charge in [0, 0.05) is 18.7 Å². The van der Waals surface area contributed by atoms with Crippen LogP contribution in [0.4, 0.5) is 5.69 Å². The first kappa shape index (κ1) is 13.7. The van der Waals surface area contributed by atoms with E-state index in [2.05, 4.69) is 14.8 Å². The number of esters is 1. The highest BCUT2D eigenvalue weighted by Gasteiger charge is 2.08. The highest BCUT2D eigenvalue weighted by Crippen LogP contribution is 2.12. The molecule has 8 nitrogen and oxygen atoms in total. The van der Waals surface area contributed by atoms with Gasteiger partial charge in [-0.15, -0.1) is 0 Å². The first-order chi connectivity index (χ1) is 9.60. The van der Waals surface area contributed by atoms with Crippen molar-refractivity contribution in [1.82, 2.24) is 14.8 Å². The molecule has 0 aliphatic carbocycles. The van der Waals surface area contributed by atoms with E-state index in [4.69, 9.17) is 0 Å². The lowest BCUT2D eigenvalue weighted by Gasteiger charge is -1.99. The third-order valence-corrected chi connectivity index (χ3v) is 2.66. The molecule has 0 N–H and O–H groups in total. The van der Waals surface area contributed by atoms with Crippen LogP contribution in [0, 0.1) is 10.1 Å². The summed E-state index contributed by atoms with van der Waals surface area (Å²) >= 11 is 0. The topological polar surface area (TPSA) is 100 Å². The molecule has 2 aromatic heterocycles. The lowest BCUT2D eigenvalue weighted by atomic mass is 10.2. The molecule has 2 rings (SSSR count). The molecule has 0 atom stereocenters. The van der Waals surface area contributed by atoms with Crippen molar-refractivity contribution < 1.29 is 14.5 Å². The first-order valence-electron chi connectivity index (χ1n) is 5.81. The molecular formula is C12H12N4O4. The summed E-state index contributed by atoms with van der Waals surface area (Å²) < 4.78 is 6.05. The second kappa shape index (κ2) is 5.91. The highest BCUT2D eigenvalue weighted by atomic mass is 16.6. The monoisotopic (exact) mass is 276 g/mol. The number of aromatic nitrogens is 3. The number of hydrogen-bond acceptors (Lipinski definition) is 6. The Morgan fingerprint density at radius 2 is 2.25 bits per heavy atom. The van der Waals surface area contributed by atoms with Gasteiger partial charge in [0.2, 0.25) is 0 Å². The standard InChI is InChI=1S/C12H12N4O4/c1-20-12(17)5-2-9-6-14-15(8-9)11-4-3-10(7-13-11)16(18)19/h3-4,6-8H,2,5H2,1H3. The number of hydrogen-bond donors (Lipinski definition) is 0. The zero-order valence-electron chi connectivity index (χ0n) is 10.7. The molecule has 0 amide bonds. The van der Waals surface area contributed by atoms with Gasteiger partial charge in [-0.05, 0) is 18.1 Å². The Hall–Kier alpha value is -2.77. The molecule has 0 aliphatic rings. The second-order valence-electron chi connectivity index (χ2n) is 4.00. The minimum atomic E-state index is -0.512. The summed E-state index contributed by atoms with van der Waals surface area (Å²) in [6.45, 7) is 0. The number of carbonyl (C=O) groups is 1. The third kappa shape index (κ3) is 3.16. The van der Waals surface area contributed by atoms with Crippen LogP contribution in [0.2, 0.25) is 0 Å². The van der Waals surface area contributed by atoms with E-state index in [9.17, 15) is 14.9 Å². The largest absolute Gasteiger partial charge is 0.469 e. The van der Waals surface area contributed by atoms with Crippen molar-refractivity contribution >= 4 is 11.7 Å². The summed E-state index contributed by atoms with van der Waals surface area (Å²) in [5, 5.41) is 14.6. The maximum Gasteiger partial charge on any atom is 0.305 e. The Labute approximate surface area is 114 Å². The average molecular weight is 276 g/mol. The van der Waals surface area contributed by atoms with E-state index in [0.717, 1.165) is 5.56 Å². The predicted octanol–water partition coefficient (Wildman–Crippen LogP) is 1.28. The van der Waals surface area contributed by atoms with Crippen LogP contribution in [-0.2, 0) is 16.0 Å². The Balaban J connectivity index is 2.08. The zero-order valence-corrected chi connectivity index (χ0v) is 10.7. The molecule has 0 saturated heterocycles. The first-order valence-corrected chi connectivity index (χ1v) is 5.81. The van der Waals surface area contributed by atoms with Gasteiger partial charge < -0.3 is 4.74 Å². The SMILES string of the molecule is COC(=O)CCc1cnn(-c2ccc([N+](=O)[O-])cn2)c1. The molecule has 0 fully saturated rings. The van der Waals surface area contributed by atoms with E-state index in [-0.39, 0.29) is 18.1 Å². The van der Waals surface area contributed by atoms with Gasteiger partial charge in [-0.1, -0.05) is 0 Å². The van der Waals surface area contributed by atoms with Crippen LogP contribution in [0.3, 0.4) is 0 Å². The number of methoxy groups -OCH3 is 1. The molecule has 20 heavy (non-hydrogen) atoms. The normalized spacial score (nSPS) is 10.2. The number of nitrogens with zero attached hydrogens (tertiary/aromatic N) is 4. The Kier molecular flexibility index (Phi) is 4.04. The zero-order chi connectivity index (χ0) is 14.5. The number of ether oxygens (including phenoxy) is 1. The molecule has 0 saturated carbocycles. The van der Waals surface area contributed by atoms with Gasteiger partial charge >= 0.3 is 5.97 Å². The maximum atomic E-state index is 11.0. The number of nitro groups is 1. The molecule has 2 heterocycles. The van der Waals surface area contributed by atoms with Gasteiger partial charge in [-0.2, -0.15) is 5.10 Å². The summed E-state index contributed by atoms with van der Waals surface area (Å²) in [4.78, 5) is 25.0. The van der Waals surface area contributed by atoms with E-state index in [0.29, 0.717) is 12.2 Å². The molecule has 0 aromatic carbocycles. The van der Waals surface area contributed by atoms with Crippen LogP contribution in [0.1, 0.15) is 12.0 Å². The Morgan fingerprint density at radius 3 is 2.85 bits per heavy atom. The summed E-state index contributed by atoms with van der Waals surface area (Å²) in [5.74, 6) is 0.186. The number of rotatable bonds is 5. The molecule has 0 bridgehead atoms. The molecule has 0 unspecified atom stereocenters. The van der Waals surface area contributed by atoms with Crippen LogP contribution in [0.5, 0.6) is 0 Å². The van der Waals surface area contributed by atoms with Crippen molar-refractivity contribution in [1.29, 1.82) is 0 Å². The fraction of sp³-hybridized carbons (Fsp3) is 0.250. The van der Waals surface area contributed by atoms with Crippen LogP contribution >= 0.6 is 0 Å². The van der Waals surface area contributed by atoms with Crippen molar-refractivity contribution in [2.24, 2.45) is 0 Å². The summed E-state index contributed by atoms with van der Waals surface area (Å²) in [5.41, 5.74) is 0.780. The minimum absolute atomic E-state index is 0.0770. The van der Waals surface area contributed by atoms with E-state index in [1.807, 2.05) is 0 Å². The highest BCUT2D eigenvalue weighted by molar-refractivity contribution is 5.69. The van der Waals surface area contributed by atoms with Gasteiger partial charge in [0.1, 0.15) is 6.20 Å². The van der Waals surface area contributed by atoms with E-state index < -0.39 is 4.92 Å². The van der Waals surface area contributed by atoms with Crippen molar-refractivity contribution in [3.63, 3.8) is 0 Å². The summed E-state index contributed by atoms with van der Waals surface area (Å²) in [6.07, 6.45) is 5.30. The number of aryl methyl sites for hydroxylation is 1. The molecule has 0 aliphatic heterocycles. The summed E-state index contributed by atoms with van der Waals surface area (Å²) in [7, 11) is 1.34. The van der Waals surface area contributed by atoms with Gasteiger partial charge in [0.15, 0.2) is 5.82 Å². The van der Waals surface area contributed by atoms with Gasteiger partial charge in [-0.3, -0.25) is 14.9 Å². The number of carbonyl (C=O) groups excluding carboxylic acids is 1. The average Bonchev–Trinajstić information content (AvgIpc) is 2.93. The molecule has 2 aromatic rings. The fourth-order valence-electron chi connectivity index (χ4n) is 1.58. The fourth-order valence-corrected chi connectivity index (χ4v) is 1.58. The van der Waals surface area contributed by atoms with Crippen molar-refractivity contribution in [2.75, 3.05) is 7.11 Å². The third-order valence-electron chi connectivity index (χ3n) is 2.66. The van der Waals surface area contributed by atoms with Crippen molar-refractivity contribution in [3.05, 3.63) is 46.4 Å². The number of pyridine rings is 1. The molecule has 0 radical (unpaired) electrons. The Bertz CT molecular complexity index is 621. The van der Waals surface area contributed by atoms with Gasteiger partial charge in [0.05, 0.1) is 18.2 Å². The molecule has 0 spiro atoms. The van der Waals surface area contributed by atoms with Crippen LogP contribution in [0.25, 0.3) is 5.82 Å². The molecular weight excluding hydrogens is 264 g/mol. The van der Waals surface area contributed by atoms with Crippen molar-refractivity contribution in [3.8, 4) is 5.82 Å². The molecule has 104 valence electrons. The van der Waals surface area contributed by atoms with Crippen molar-refractivity contribution in [2.45, 2.75) is 12.8 Å². The lowest BCUT2D eigenvalue weighted by molar-refractivity contribution is -0.385.